The summed E-state index contributed by atoms with van der Waals surface area (Å²) in [5, 5.41) is 11.0. The van der Waals surface area contributed by atoms with Crippen molar-refractivity contribution in [3.63, 3.8) is 0 Å². The minimum absolute atomic E-state index is 0.103. The van der Waals surface area contributed by atoms with E-state index in [1.165, 1.54) is 4.88 Å². The molecule has 102 valence electrons. The first-order valence-corrected chi connectivity index (χ1v) is 8.01. The van der Waals surface area contributed by atoms with Crippen LogP contribution in [0.25, 0.3) is 0 Å². The molecule has 1 unspecified atom stereocenters. The van der Waals surface area contributed by atoms with Gasteiger partial charge in [0.2, 0.25) is 0 Å². The van der Waals surface area contributed by atoms with Gasteiger partial charge in [-0.1, -0.05) is 54.4 Å². The van der Waals surface area contributed by atoms with Crippen LogP contribution in [0.2, 0.25) is 5.02 Å². The molecular formula is C15H16BrClOS. The lowest BCUT2D eigenvalue weighted by Crippen LogP contribution is -2.07. The predicted molar refractivity (Wildman–Crippen MR) is 86.2 cm³/mol. The van der Waals surface area contributed by atoms with Crippen molar-refractivity contribution in [1.82, 2.24) is 0 Å². The van der Waals surface area contributed by atoms with E-state index in [1.54, 1.807) is 17.4 Å². The Hall–Kier alpha value is -0.350. The third-order valence-corrected chi connectivity index (χ3v) is 5.28. The van der Waals surface area contributed by atoms with Gasteiger partial charge in [-0.15, -0.1) is 11.3 Å². The second-order valence-corrected chi connectivity index (χ2v) is 7.96. The summed E-state index contributed by atoms with van der Waals surface area (Å²) in [4.78, 5) is 2.18. The highest BCUT2D eigenvalue weighted by molar-refractivity contribution is 9.10. The Bertz CT molecular complexity index is 586. The Morgan fingerprint density at radius 1 is 1.21 bits per heavy atom. The number of rotatable bonds is 2. The maximum Gasteiger partial charge on any atom is 0.115 e. The molecule has 0 bridgehead atoms. The molecule has 1 aromatic heterocycles. The Kier molecular flexibility index (Phi) is 4.41. The van der Waals surface area contributed by atoms with Gasteiger partial charge in [0.15, 0.2) is 0 Å². The van der Waals surface area contributed by atoms with Crippen molar-refractivity contribution < 1.29 is 5.11 Å². The molecule has 0 aliphatic carbocycles. The minimum atomic E-state index is -0.665. The largest absolute Gasteiger partial charge is 0.383 e. The van der Waals surface area contributed by atoms with E-state index in [4.69, 9.17) is 11.6 Å². The van der Waals surface area contributed by atoms with Crippen LogP contribution < -0.4 is 0 Å². The summed E-state index contributed by atoms with van der Waals surface area (Å²) in [5.74, 6) is 0. The predicted octanol–water partition coefficient (Wildman–Crippen LogP) is 5.54. The third-order valence-electron chi connectivity index (χ3n) is 2.89. The smallest absolute Gasteiger partial charge is 0.115 e. The number of aliphatic hydroxyl groups is 1. The fourth-order valence-corrected chi connectivity index (χ4v) is 3.63. The van der Waals surface area contributed by atoms with Gasteiger partial charge in [-0.25, -0.2) is 0 Å². The first-order chi connectivity index (χ1) is 8.79. The van der Waals surface area contributed by atoms with Crippen LogP contribution in [0.15, 0.2) is 34.8 Å². The monoisotopic (exact) mass is 358 g/mol. The Morgan fingerprint density at radius 2 is 1.89 bits per heavy atom. The zero-order valence-electron chi connectivity index (χ0n) is 11.1. The van der Waals surface area contributed by atoms with Crippen molar-refractivity contribution in [3.8, 4) is 0 Å². The van der Waals surface area contributed by atoms with Crippen molar-refractivity contribution >= 4 is 38.9 Å². The average molecular weight is 360 g/mol. The summed E-state index contributed by atoms with van der Waals surface area (Å²) in [6, 6.07) is 9.61. The van der Waals surface area contributed by atoms with Gasteiger partial charge < -0.3 is 5.11 Å². The van der Waals surface area contributed by atoms with Crippen LogP contribution in [-0.4, -0.2) is 5.11 Å². The van der Waals surface area contributed by atoms with Crippen LogP contribution in [-0.2, 0) is 5.41 Å². The van der Waals surface area contributed by atoms with Crippen LogP contribution in [0.5, 0.6) is 0 Å². The normalized spacial score (nSPS) is 13.6. The highest BCUT2D eigenvalue weighted by Gasteiger charge is 2.20. The van der Waals surface area contributed by atoms with Crippen LogP contribution >= 0.6 is 38.9 Å². The number of thiophene rings is 1. The SMILES string of the molecule is CC(C)(C)c1ccc(C(O)c2ccc(Br)cc2Cl)s1. The zero-order chi connectivity index (χ0) is 14.2. The molecule has 0 fully saturated rings. The van der Waals surface area contributed by atoms with Crippen LogP contribution in [0.1, 0.15) is 42.2 Å². The Balaban J connectivity index is 2.34. The van der Waals surface area contributed by atoms with Crippen molar-refractivity contribution in [3.05, 3.63) is 55.1 Å². The van der Waals surface area contributed by atoms with Crippen LogP contribution in [0.3, 0.4) is 0 Å². The third kappa shape index (κ3) is 3.40. The van der Waals surface area contributed by atoms with E-state index in [2.05, 4.69) is 42.8 Å². The molecule has 0 aliphatic heterocycles. The maximum atomic E-state index is 10.5. The lowest BCUT2D eigenvalue weighted by Gasteiger charge is -2.16. The van der Waals surface area contributed by atoms with Gasteiger partial charge in [0.25, 0.3) is 0 Å². The molecule has 1 atom stereocenters. The number of hydrogen-bond donors (Lipinski definition) is 1. The molecule has 1 N–H and O–H groups in total. The number of benzene rings is 1. The fourth-order valence-electron chi connectivity index (χ4n) is 1.78. The second kappa shape index (κ2) is 5.57. The summed E-state index contributed by atoms with van der Waals surface area (Å²) in [6.07, 6.45) is -0.665. The van der Waals surface area contributed by atoms with Gasteiger partial charge in [-0.3, -0.25) is 0 Å². The van der Waals surface area contributed by atoms with E-state index in [0.29, 0.717) is 5.02 Å². The van der Waals surface area contributed by atoms with Crippen molar-refractivity contribution in [2.45, 2.75) is 32.3 Å². The number of aliphatic hydroxyl groups excluding tert-OH is 1. The molecule has 2 rings (SSSR count). The molecule has 1 aromatic carbocycles. The Morgan fingerprint density at radius 3 is 2.42 bits per heavy atom. The molecule has 4 heteroatoms. The molecule has 19 heavy (non-hydrogen) atoms. The van der Waals surface area contributed by atoms with Gasteiger partial charge in [-0.2, -0.15) is 0 Å². The quantitative estimate of drug-likeness (QED) is 0.746. The summed E-state index contributed by atoms with van der Waals surface area (Å²) >= 11 is 11.2. The molecular weight excluding hydrogens is 344 g/mol. The lowest BCUT2D eigenvalue weighted by molar-refractivity contribution is 0.224. The van der Waals surface area contributed by atoms with Gasteiger partial charge in [0.05, 0.1) is 0 Å². The molecule has 0 saturated carbocycles. The van der Waals surface area contributed by atoms with E-state index in [0.717, 1.165) is 14.9 Å². The van der Waals surface area contributed by atoms with Crippen molar-refractivity contribution in [1.29, 1.82) is 0 Å². The highest BCUT2D eigenvalue weighted by Crippen LogP contribution is 2.37. The first-order valence-electron chi connectivity index (χ1n) is 6.02. The van der Waals surface area contributed by atoms with Gasteiger partial charge >= 0.3 is 0 Å². The van der Waals surface area contributed by atoms with Crippen molar-refractivity contribution in [2.75, 3.05) is 0 Å². The van der Waals surface area contributed by atoms with E-state index in [9.17, 15) is 5.11 Å². The maximum absolute atomic E-state index is 10.5. The summed E-state index contributed by atoms with van der Waals surface area (Å²) in [6.45, 7) is 6.50. The molecule has 0 saturated heterocycles. The van der Waals surface area contributed by atoms with Crippen LogP contribution in [0.4, 0.5) is 0 Å². The first kappa shape index (κ1) is 15.0. The topological polar surface area (TPSA) is 20.2 Å². The molecule has 1 heterocycles. The van der Waals surface area contributed by atoms with Crippen molar-refractivity contribution in [2.24, 2.45) is 0 Å². The van der Waals surface area contributed by atoms with Gasteiger partial charge in [0, 0.05) is 24.8 Å². The molecule has 0 radical (unpaired) electrons. The standard InChI is InChI=1S/C15H16BrClOS/c1-15(2,3)13-7-6-12(19-13)14(18)10-5-4-9(16)8-11(10)17/h4-8,14,18H,1-3H3. The number of hydrogen-bond acceptors (Lipinski definition) is 2. The minimum Gasteiger partial charge on any atom is -0.383 e. The summed E-state index contributed by atoms with van der Waals surface area (Å²) in [7, 11) is 0. The zero-order valence-corrected chi connectivity index (χ0v) is 14.2. The molecule has 0 amide bonds. The lowest BCUT2D eigenvalue weighted by atomic mass is 9.95. The van der Waals surface area contributed by atoms with Gasteiger partial charge in [0.1, 0.15) is 6.10 Å². The van der Waals surface area contributed by atoms with E-state index >= 15 is 0 Å². The summed E-state index contributed by atoms with van der Waals surface area (Å²) < 4.78 is 0.912. The molecule has 1 nitrogen and oxygen atoms in total. The van der Waals surface area contributed by atoms with E-state index < -0.39 is 6.10 Å². The van der Waals surface area contributed by atoms with E-state index in [-0.39, 0.29) is 5.41 Å². The summed E-state index contributed by atoms with van der Waals surface area (Å²) in [5.41, 5.74) is 0.846. The fraction of sp³-hybridized carbons (Fsp3) is 0.333. The van der Waals surface area contributed by atoms with Crippen LogP contribution in [0, 0.1) is 0 Å². The second-order valence-electron chi connectivity index (χ2n) is 5.52. The highest BCUT2D eigenvalue weighted by atomic mass is 79.9. The molecule has 0 spiro atoms. The molecule has 2 aromatic rings. The van der Waals surface area contributed by atoms with E-state index in [1.807, 2.05) is 18.2 Å². The molecule has 0 aliphatic rings. The van der Waals surface area contributed by atoms with Gasteiger partial charge in [-0.05, 0) is 29.7 Å². The number of halogens is 2. The average Bonchev–Trinajstić information content (AvgIpc) is 2.76. The Labute approximate surface area is 131 Å².